The Morgan fingerprint density at radius 1 is 1.00 bits per heavy atom. The summed E-state index contributed by atoms with van der Waals surface area (Å²) >= 11 is 0. The van der Waals surface area contributed by atoms with E-state index < -0.39 is 5.60 Å². The van der Waals surface area contributed by atoms with Crippen LogP contribution in [0.3, 0.4) is 0 Å². The summed E-state index contributed by atoms with van der Waals surface area (Å²) in [5.74, 6) is 1.32. The van der Waals surface area contributed by atoms with Crippen molar-refractivity contribution in [2.45, 2.75) is 19.4 Å². The number of methoxy groups -OCH3 is 2. The largest absolute Gasteiger partial charge is 0.496 e. The predicted molar refractivity (Wildman–Crippen MR) is 148 cm³/mol. The van der Waals surface area contributed by atoms with Crippen molar-refractivity contribution in [3.8, 4) is 23.0 Å². The summed E-state index contributed by atoms with van der Waals surface area (Å²) in [6.45, 7) is 3.59. The van der Waals surface area contributed by atoms with E-state index in [9.17, 15) is 9.59 Å². The number of amides is 1. The van der Waals surface area contributed by atoms with Crippen molar-refractivity contribution < 1.29 is 28.5 Å². The normalized spacial score (nSPS) is 13.4. The lowest BCUT2D eigenvalue weighted by molar-refractivity contribution is -0.118. The maximum Gasteiger partial charge on any atom is 0.262 e. The highest BCUT2D eigenvalue weighted by molar-refractivity contribution is 6.09. The summed E-state index contributed by atoms with van der Waals surface area (Å²) in [5, 5.41) is 2.72. The fourth-order valence-electron chi connectivity index (χ4n) is 3.91. The number of carbonyl (C=O) groups is 2. The number of carbonyl (C=O) groups excluding carboxylic acids is 2. The number of allylic oxidation sites excluding steroid dienone is 1. The van der Waals surface area contributed by atoms with Gasteiger partial charge in [0.25, 0.3) is 5.91 Å². The molecule has 4 rings (SSSR count). The van der Waals surface area contributed by atoms with E-state index in [1.54, 1.807) is 67.8 Å². The molecule has 3 aromatic carbocycles. The average molecular weight is 515 g/mol. The zero-order chi connectivity index (χ0) is 27.3. The summed E-state index contributed by atoms with van der Waals surface area (Å²) in [6.07, 6.45) is 6.97. The molecule has 0 bridgehead atoms. The molecule has 1 heterocycles. The number of anilines is 2. The van der Waals surface area contributed by atoms with E-state index in [1.807, 2.05) is 26.0 Å². The first kappa shape index (κ1) is 26.3. The molecule has 1 amide bonds. The molecule has 0 spiro atoms. The Hall–Kier alpha value is -4.72. The van der Waals surface area contributed by atoms with Crippen molar-refractivity contribution >= 4 is 35.2 Å². The number of benzene rings is 3. The van der Waals surface area contributed by atoms with Gasteiger partial charge in [-0.3, -0.25) is 9.59 Å². The molecule has 8 nitrogen and oxygen atoms in total. The summed E-state index contributed by atoms with van der Waals surface area (Å²) in [4.78, 5) is 25.6. The first-order valence-corrected chi connectivity index (χ1v) is 12.0. The number of nitrogens with two attached hydrogens (primary N) is 1. The molecule has 196 valence electrons. The minimum absolute atomic E-state index is 0.229. The molecule has 1 aliphatic rings. The molecular formula is C30H30N2O6. The standard InChI is InChI=1S/C30H30N2O6/c1-30(2)16-15-21-25(35-3)14-11-20(29(21)38-30)24(33)12-9-19-10-13-26(36-4)27(17-19)37-18-28(34)32-23-8-6-5-7-22(23)31/h5-17H,18,31H2,1-4H3,(H,32,34)/b12-9+. The molecule has 1 aliphatic heterocycles. The summed E-state index contributed by atoms with van der Waals surface area (Å²) in [6, 6.07) is 15.6. The van der Waals surface area contributed by atoms with Crippen LogP contribution in [0.4, 0.5) is 11.4 Å². The predicted octanol–water partition coefficient (Wildman–Crippen LogP) is 5.38. The van der Waals surface area contributed by atoms with Gasteiger partial charge in [0.15, 0.2) is 23.9 Å². The third kappa shape index (κ3) is 5.98. The lowest BCUT2D eigenvalue weighted by Gasteiger charge is -2.29. The van der Waals surface area contributed by atoms with E-state index >= 15 is 0 Å². The number of hydrogen-bond acceptors (Lipinski definition) is 7. The van der Waals surface area contributed by atoms with Gasteiger partial charge in [-0.2, -0.15) is 0 Å². The molecule has 0 aromatic heterocycles. The van der Waals surface area contributed by atoms with Crippen molar-refractivity contribution in [3.63, 3.8) is 0 Å². The van der Waals surface area contributed by atoms with Crippen molar-refractivity contribution in [1.29, 1.82) is 0 Å². The van der Waals surface area contributed by atoms with Crippen molar-refractivity contribution in [2.75, 3.05) is 31.9 Å². The van der Waals surface area contributed by atoms with Crippen LogP contribution in [0.15, 0.2) is 66.7 Å². The highest BCUT2D eigenvalue weighted by atomic mass is 16.5. The Labute approximate surface area is 221 Å². The molecule has 8 heteroatoms. The van der Waals surface area contributed by atoms with E-state index in [-0.39, 0.29) is 18.3 Å². The maximum absolute atomic E-state index is 13.2. The third-order valence-corrected chi connectivity index (χ3v) is 5.87. The summed E-state index contributed by atoms with van der Waals surface area (Å²) in [5.41, 5.74) is 8.12. The van der Waals surface area contributed by atoms with Gasteiger partial charge in [0, 0.05) is 0 Å². The zero-order valence-corrected chi connectivity index (χ0v) is 21.7. The third-order valence-electron chi connectivity index (χ3n) is 5.87. The van der Waals surface area contributed by atoms with E-state index in [4.69, 9.17) is 24.7 Å². The minimum atomic E-state index is -0.557. The second-order valence-corrected chi connectivity index (χ2v) is 9.13. The molecule has 0 atom stereocenters. The Balaban J connectivity index is 1.50. The van der Waals surface area contributed by atoms with Gasteiger partial charge in [0.1, 0.15) is 17.1 Å². The number of para-hydroxylation sites is 2. The van der Waals surface area contributed by atoms with Gasteiger partial charge < -0.3 is 30.0 Å². The van der Waals surface area contributed by atoms with E-state index in [0.29, 0.717) is 45.5 Å². The van der Waals surface area contributed by atoms with Gasteiger partial charge in [-0.15, -0.1) is 0 Å². The first-order chi connectivity index (χ1) is 18.2. The molecule has 0 unspecified atom stereocenters. The van der Waals surface area contributed by atoms with Crippen LogP contribution < -0.4 is 30.0 Å². The fourth-order valence-corrected chi connectivity index (χ4v) is 3.91. The Bertz CT molecular complexity index is 1420. The van der Waals surface area contributed by atoms with Gasteiger partial charge in [-0.25, -0.2) is 0 Å². The number of nitrogens with one attached hydrogen (secondary N) is 1. The lowest BCUT2D eigenvalue weighted by Crippen LogP contribution is -2.28. The van der Waals surface area contributed by atoms with E-state index in [0.717, 1.165) is 5.56 Å². The van der Waals surface area contributed by atoms with Crippen LogP contribution in [0.25, 0.3) is 12.2 Å². The van der Waals surface area contributed by atoms with Gasteiger partial charge >= 0.3 is 0 Å². The fraction of sp³-hybridized carbons (Fsp3) is 0.200. The second-order valence-electron chi connectivity index (χ2n) is 9.13. The Morgan fingerprint density at radius 3 is 2.47 bits per heavy atom. The molecule has 3 N–H and O–H groups in total. The number of hydrogen-bond donors (Lipinski definition) is 2. The number of fused-ring (bicyclic) bond motifs is 1. The monoisotopic (exact) mass is 514 g/mol. The summed E-state index contributed by atoms with van der Waals surface area (Å²) < 4.78 is 22.6. The van der Waals surface area contributed by atoms with Crippen LogP contribution in [-0.2, 0) is 4.79 Å². The maximum atomic E-state index is 13.2. The molecule has 0 saturated heterocycles. The molecule has 3 aromatic rings. The van der Waals surface area contributed by atoms with Crippen LogP contribution >= 0.6 is 0 Å². The Morgan fingerprint density at radius 2 is 1.74 bits per heavy atom. The molecule has 0 aliphatic carbocycles. The van der Waals surface area contributed by atoms with E-state index in [2.05, 4.69) is 5.32 Å². The van der Waals surface area contributed by atoms with Gasteiger partial charge in [0.05, 0.1) is 36.7 Å². The van der Waals surface area contributed by atoms with Crippen LogP contribution in [0.2, 0.25) is 0 Å². The molecule has 0 saturated carbocycles. The van der Waals surface area contributed by atoms with Gasteiger partial charge in [-0.05, 0) is 74.0 Å². The molecule has 0 radical (unpaired) electrons. The van der Waals surface area contributed by atoms with Crippen LogP contribution in [-0.4, -0.2) is 38.1 Å². The van der Waals surface area contributed by atoms with Crippen molar-refractivity contribution in [3.05, 3.63) is 83.4 Å². The second kappa shape index (κ2) is 11.1. The SMILES string of the molecule is COc1ccc(/C=C/C(=O)c2ccc(OC)c3c2OC(C)(C)C=C3)cc1OCC(=O)Nc1ccccc1N. The smallest absolute Gasteiger partial charge is 0.262 e. The summed E-state index contributed by atoms with van der Waals surface area (Å²) in [7, 11) is 3.09. The van der Waals surface area contributed by atoms with Crippen molar-refractivity contribution in [1.82, 2.24) is 0 Å². The van der Waals surface area contributed by atoms with Gasteiger partial charge in [0.2, 0.25) is 0 Å². The number of ketones is 1. The van der Waals surface area contributed by atoms with Gasteiger partial charge in [-0.1, -0.05) is 24.3 Å². The highest BCUT2D eigenvalue weighted by Crippen LogP contribution is 2.40. The number of rotatable bonds is 9. The topological polar surface area (TPSA) is 109 Å². The molecular weight excluding hydrogens is 484 g/mol. The van der Waals surface area contributed by atoms with Crippen molar-refractivity contribution in [2.24, 2.45) is 0 Å². The first-order valence-electron chi connectivity index (χ1n) is 12.0. The van der Waals surface area contributed by atoms with Crippen LogP contribution in [0.1, 0.15) is 35.3 Å². The number of ether oxygens (including phenoxy) is 4. The molecule has 0 fully saturated rings. The Kier molecular flexibility index (Phi) is 7.71. The van der Waals surface area contributed by atoms with E-state index in [1.165, 1.54) is 13.2 Å². The van der Waals surface area contributed by atoms with Crippen LogP contribution in [0, 0.1) is 0 Å². The average Bonchev–Trinajstić information content (AvgIpc) is 2.90. The lowest BCUT2D eigenvalue weighted by atomic mass is 9.97. The highest BCUT2D eigenvalue weighted by Gasteiger charge is 2.27. The minimum Gasteiger partial charge on any atom is -0.496 e. The number of nitrogen functional groups attached to an aromatic ring is 1. The van der Waals surface area contributed by atoms with Crippen LogP contribution in [0.5, 0.6) is 23.0 Å². The molecule has 38 heavy (non-hydrogen) atoms. The zero-order valence-electron chi connectivity index (χ0n) is 21.7. The quantitative estimate of drug-likeness (QED) is 0.224.